The lowest BCUT2D eigenvalue weighted by molar-refractivity contribution is -0.138. The van der Waals surface area contributed by atoms with E-state index in [2.05, 4.69) is 35.7 Å². The highest BCUT2D eigenvalue weighted by atomic mass is 19.4. The van der Waals surface area contributed by atoms with Gasteiger partial charge in [-0.05, 0) is 36.1 Å². The summed E-state index contributed by atoms with van der Waals surface area (Å²) in [4.78, 5) is 23.1. The van der Waals surface area contributed by atoms with Crippen LogP contribution < -0.4 is 16.0 Å². The van der Waals surface area contributed by atoms with Crippen molar-refractivity contribution in [1.82, 2.24) is 15.3 Å². The van der Waals surface area contributed by atoms with E-state index in [1.54, 1.807) is 0 Å². The van der Waals surface area contributed by atoms with Crippen LogP contribution in [0.4, 0.5) is 24.8 Å². The van der Waals surface area contributed by atoms with Crippen LogP contribution in [-0.2, 0) is 6.18 Å². The highest BCUT2D eigenvalue weighted by molar-refractivity contribution is 6.11. The van der Waals surface area contributed by atoms with Crippen molar-refractivity contribution in [3.05, 3.63) is 53.4 Å². The predicted octanol–water partition coefficient (Wildman–Crippen LogP) is 3.78. The lowest BCUT2D eigenvalue weighted by Gasteiger charge is -2.35. The Morgan fingerprint density at radius 2 is 2.16 bits per heavy atom. The fourth-order valence-corrected chi connectivity index (χ4v) is 3.70. The molecule has 0 unspecified atom stereocenters. The summed E-state index contributed by atoms with van der Waals surface area (Å²) in [5.41, 5.74) is 4.35. The minimum absolute atomic E-state index is 0.134. The Labute approximate surface area is 179 Å². The van der Waals surface area contributed by atoms with Crippen LogP contribution in [0.1, 0.15) is 47.4 Å². The third-order valence-corrected chi connectivity index (χ3v) is 5.16. The predicted molar refractivity (Wildman–Crippen MR) is 115 cm³/mol. The molecule has 3 rings (SSSR count). The molecule has 3 N–H and O–H groups in total. The van der Waals surface area contributed by atoms with Gasteiger partial charge in [-0.15, -0.1) is 0 Å². The first-order valence-corrected chi connectivity index (χ1v) is 10.1. The Kier molecular flexibility index (Phi) is 6.64. The van der Waals surface area contributed by atoms with E-state index >= 15 is 0 Å². The first-order chi connectivity index (χ1) is 14.6. The molecule has 2 aromatic rings. The SMILES string of the molecule is C=Cc1cnc(N)c(C(=O)c2nc(N3CCN[C@@H](CC(C)C)C3)ccc2C(F)(F)F)c1. The molecular formula is C22H26F3N5O. The van der Waals surface area contributed by atoms with Crippen molar-refractivity contribution in [1.29, 1.82) is 0 Å². The number of halogens is 3. The summed E-state index contributed by atoms with van der Waals surface area (Å²) in [5, 5.41) is 3.42. The number of carbonyl (C=O) groups excluding carboxylic acids is 1. The summed E-state index contributed by atoms with van der Waals surface area (Å²) in [6.45, 7) is 9.68. The molecule has 0 saturated carbocycles. The van der Waals surface area contributed by atoms with Crippen LogP contribution in [0.5, 0.6) is 0 Å². The van der Waals surface area contributed by atoms with Crippen molar-refractivity contribution in [3.63, 3.8) is 0 Å². The molecule has 6 nitrogen and oxygen atoms in total. The van der Waals surface area contributed by atoms with Crippen molar-refractivity contribution < 1.29 is 18.0 Å². The number of nitrogen functional groups attached to an aromatic ring is 1. The molecule has 0 aromatic carbocycles. The van der Waals surface area contributed by atoms with Gasteiger partial charge in [-0.3, -0.25) is 4.79 Å². The van der Waals surface area contributed by atoms with Gasteiger partial charge >= 0.3 is 6.18 Å². The molecule has 0 bridgehead atoms. The molecule has 9 heteroatoms. The van der Waals surface area contributed by atoms with E-state index in [0.29, 0.717) is 36.9 Å². The van der Waals surface area contributed by atoms with Gasteiger partial charge in [-0.1, -0.05) is 26.5 Å². The number of carbonyl (C=O) groups is 1. The second-order valence-corrected chi connectivity index (χ2v) is 8.02. The highest BCUT2D eigenvalue weighted by Gasteiger charge is 2.37. The summed E-state index contributed by atoms with van der Waals surface area (Å²) in [7, 11) is 0. The topological polar surface area (TPSA) is 84.1 Å². The van der Waals surface area contributed by atoms with Gasteiger partial charge in [0.2, 0.25) is 5.78 Å². The molecule has 0 spiro atoms. The summed E-state index contributed by atoms with van der Waals surface area (Å²) >= 11 is 0. The fraction of sp³-hybridized carbons (Fsp3) is 0.409. The van der Waals surface area contributed by atoms with E-state index in [9.17, 15) is 18.0 Å². The van der Waals surface area contributed by atoms with Gasteiger partial charge in [0.1, 0.15) is 17.3 Å². The summed E-state index contributed by atoms with van der Waals surface area (Å²) in [5.74, 6) is -0.271. The van der Waals surface area contributed by atoms with Crippen LogP contribution in [0.2, 0.25) is 0 Å². The third kappa shape index (κ3) is 5.22. The van der Waals surface area contributed by atoms with Crippen LogP contribution in [0.25, 0.3) is 6.08 Å². The van der Waals surface area contributed by atoms with Crippen LogP contribution in [0, 0.1) is 5.92 Å². The third-order valence-electron chi connectivity index (χ3n) is 5.16. The monoisotopic (exact) mass is 433 g/mol. The molecule has 0 radical (unpaired) electrons. The summed E-state index contributed by atoms with van der Waals surface area (Å²) in [6, 6.07) is 3.80. The van der Waals surface area contributed by atoms with Crippen LogP contribution >= 0.6 is 0 Å². The molecule has 1 aliphatic heterocycles. The van der Waals surface area contributed by atoms with Gasteiger partial charge in [-0.2, -0.15) is 13.2 Å². The Balaban J connectivity index is 2.02. The number of ketones is 1. The Hall–Kier alpha value is -2.94. The number of hydrogen-bond acceptors (Lipinski definition) is 6. The van der Waals surface area contributed by atoms with Crippen molar-refractivity contribution >= 4 is 23.5 Å². The fourth-order valence-electron chi connectivity index (χ4n) is 3.70. The zero-order valence-corrected chi connectivity index (χ0v) is 17.5. The first-order valence-electron chi connectivity index (χ1n) is 10.1. The molecule has 3 heterocycles. The molecule has 1 fully saturated rings. The number of nitrogens with one attached hydrogen (secondary N) is 1. The smallest absolute Gasteiger partial charge is 0.383 e. The van der Waals surface area contributed by atoms with Gasteiger partial charge < -0.3 is 16.0 Å². The minimum Gasteiger partial charge on any atom is -0.383 e. The number of alkyl halides is 3. The minimum atomic E-state index is -4.74. The Bertz CT molecular complexity index is 974. The van der Waals surface area contributed by atoms with E-state index in [0.717, 1.165) is 12.5 Å². The highest BCUT2D eigenvalue weighted by Crippen LogP contribution is 2.34. The van der Waals surface area contributed by atoms with Gasteiger partial charge in [-0.25, -0.2) is 9.97 Å². The van der Waals surface area contributed by atoms with Crippen molar-refractivity contribution in [2.75, 3.05) is 30.3 Å². The van der Waals surface area contributed by atoms with Crippen LogP contribution in [0.3, 0.4) is 0 Å². The molecule has 1 atom stereocenters. The number of pyridine rings is 2. The first kappa shape index (κ1) is 22.7. The largest absolute Gasteiger partial charge is 0.418 e. The number of aromatic nitrogens is 2. The van der Waals surface area contributed by atoms with E-state index in [1.165, 1.54) is 24.4 Å². The van der Waals surface area contributed by atoms with Gasteiger partial charge in [0.25, 0.3) is 0 Å². The van der Waals surface area contributed by atoms with E-state index in [-0.39, 0.29) is 17.4 Å². The number of rotatable bonds is 6. The van der Waals surface area contributed by atoms with E-state index < -0.39 is 23.2 Å². The Morgan fingerprint density at radius 3 is 2.81 bits per heavy atom. The van der Waals surface area contributed by atoms with Crippen LogP contribution in [0.15, 0.2) is 31.0 Å². The zero-order chi connectivity index (χ0) is 22.8. The van der Waals surface area contributed by atoms with E-state index in [1.807, 2.05) is 4.90 Å². The van der Waals surface area contributed by atoms with Crippen molar-refractivity contribution in [3.8, 4) is 0 Å². The molecule has 0 aliphatic carbocycles. The zero-order valence-electron chi connectivity index (χ0n) is 17.5. The maximum Gasteiger partial charge on any atom is 0.418 e. The molecular weight excluding hydrogens is 407 g/mol. The molecule has 1 saturated heterocycles. The summed E-state index contributed by atoms with van der Waals surface area (Å²) in [6.07, 6.45) is -0.978. The maximum atomic E-state index is 13.7. The number of nitrogens with two attached hydrogens (primary N) is 1. The molecule has 166 valence electrons. The maximum absolute atomic E-state index is 13.7. The molecule has 1 aliphatic rings. The lowest BCUT2D eigenvalue weighted by Crippen LogP contribution is -2.51. The molecule has 31 heavy (non-hydrogen) atoms. The number of piperazine rings is 1. The lowest BCUT2D eigenvalue weighted by atomic mass is 10.0. The average molecular weight is 433 g/mol. The number of nitrogens with zero attached hydrogens (tertiary/aromatic N) is 3. The van der Waals surface area contributed by atoms with Crippen molar-refractivity contribution in [2.24, 2.45) is 5.92 Å². The average Bonchev–Trinajstić information content (AvgIpc) is 2.72. The second kappa shape index (κ2) is 9.05. The van der Waals surface area contributed by atoms with Gasteiger partial charge in [0.05, 0.1) is 11.1 Å². The molecule has 2 aromatic heterocycles. The van der Waals surface area contributed by atoms with Crippen molar-refractivity contribution in [2.45, 2.75) is 32.5 Å². The Morgan fingerprint density at radius 1 is 1.42 bits per heavy atom. The number of hydrogen-bond donors (Lipinski definition) is 2. The number of anilines is 2. The standard InChI is InChI=1S/C22H26F3N5O/c1-4-14-10-16(21(26)28-11-14)20(31)19-17(22(23,24)25)5-6-18(29-19)30-8-7-27-15(12-30)9-13(2)3/h4-6,10-11,13,15,27H,1,7-9,12H2,2-3H3,(H2,26,28)/t15-/m0/s1. The summed E-state index contributed by atoms with van der Waals surface area (Å²) < 4.78 is 41.0. The quantitative estimate of drug-likeness (QED) is 0.675. The second-order valence-electron chi connectivity index (χ2n) is 8.02. The van der Waals surface area contributed by atoms with Crippen LogP contribution in [-0.4, -0.2) is 41.4 Å². The van der Waals surface area contributed by atoms with Gasteiger partial charge in [0.15, 0.2) is 0 Å². The normalized spacial score (nSPS) is 17.1. The molecule has 0 amide bonds. The van der Waals surface area contributed by atoms with E-state index in [4.69, 9.17) is 5.73 Å². The van der Waals surface area contributed by atoms with Gasteiger partial charge in [0, 0.05) is 31.9 Å².